The molecule has 0 bridgehead atoms. The third-order valence-corrected chi connectivity index (χ3v) is 2.40. The highest BCUT2D eigenvalue weighted by molar-refractivity contribution is 6.34. The maximum Gasteiger partial charge on any atom is 0.311 e. The molecule has 3 N–H and O–H groups in total. The number of rotatable bonds is 5. The van der Waals surface area contributed by atoms with Gasteiger partial charge >= 0.3 is 11.8 Å². The third kappa shape index (κ3) is 4.50. The number of carbonyl (C=O) groups is 2. The van der Waals surface area contributed by atoms with Crippen molar-refractivity contribution < 1.29 is 9.59 Å². The first-order chi connectivity index (χ1) is 8.65. The summed E-state index contributed by atoms with van der Waals surface area (Å²) in [4.78, 5) is 28.5. The number of hydrogen-bond donors (Lipinski definition) is 2. The van der Waals surface area contributed by atoms with E-state index in [2.05, 4.69) is 10.3 Å². The van der Waals surface area contributed by atoms with Crippen molar-refractivity contribution in [3.05, 3.63) is 30.1 Å². The molecule has 2 amide bonds. The van der Waals surface area contributed by atoms with Crippen LogP contribution in [0.2, 0.25) is 0 Å². The van der Waals surface area contributed by atoms with Gasteiger partial charge in [0.15, 0.2) is 0 Å². The Morgan fingerprint density at radius 2 is 2.22 bits per heavy atom. The van der Waals surface area contributed by atoms with E-state index in [9.17, 15) is 9.59 Å². The largest absolute Gasteiger partial charge is 0.347 e. The molecule has 0 saturated heterocycles. The summed E-state index contributed by atoms with van der Waals surface area (Å²) in [5.74, 6) is -1.18. The van der Waals surface area contributed by atoms with Gasteiger partial charge in [0, 0.05) is 45.0 Å². The number of amides is 2. The van der Waals surface area contributed by atoms with Crippen LogP contribution in [0.3, 0.4) is 0 Å². The van der Waals surface area contributed by atoms with Crippen LogP contribution in [-0.4, -0.2) is 48.4 Å². The zero-order chi connectivity index (χ0) is 13.4. The average Bonchev–Trinajstić information content (AvgIpc) is 2.42. The van der Waals surface area contributed by atoms with Gasteiger partial charge in [-0.05, 0) is 12.1 Å². The van der Waals surface area contributed by atoms with E-state index in [-0.39, 0.29) is 0 Å². The molecule has 1 aromatic rings. The van der Waals surface area contributed by atoms with Gasteiger partial charge in [-0.2, -0.15) is 0 Å². The Labute approximate surface area is 106 Å². The van der Waals surface area contributed by atoms with E-state index in [0.29, 0.717) is 26.1 Å². The Morgan fingerprint density at radius 1 is 1.44 bits per heavy atom. The van der Waals surface area contributed by atoms with Gasteiger partial charge in [-0.25, -0.2) is 0 Å². The van der Waals surface area contributed by atoms with Crippen LogP contribution < -0.4 is 11.1 Å². The van der Waals surface area contributed by atoms with E-state index < -0.39 is 11.8 Å². The third-order valence-electron chi connectivity index (χ3n) is 2.40. The summed E-state index contributed by atoms with van der Waals surface area (Å²) in [6.07, 6.45) is 2.32. The van der Waals surface area contributed by atoms with Crippen LogP contribution in [0.4, 0.5) is 0 Å². The highest BCUT2D eigenvalue weighted by atomic mass is 16.2. The van der Waals surface area contributed by atoms with Crippen molar-refractivity contribution in [3.8, 4) is 0 Å². The standard InChI is InChI=1S/C12H18N4O2/c1-16(12(18)11(17)15-8-6-13)9-5-10-4-2-3-7-14-10/h2-4,7H,5-6,8-9,13H2,1H3,(H,15,17). The van der Waals surface area contributed by atoms with Crippen LogP contribution in [0.1, 0.15) is 5.69 Å². The van der Waals surface area contributed by atoms with E-state index >= 15 is 0 Å². The monoisotopic (exact) mass is 250 g/mol. The van der Waals surface area contributed by atoms with Crippen molar-refractivity contribution in [2.45, 2.75) is 6.42 Å². The molecule has 18 heavy (non-hydrogen) atoms. The molecule has 6 nitrogen and oxygen atoms in total. The SMILES string of the molecule is CN(CCc1ccccn1)C(=O)C(=O)NCCN. The van der Waals surface area contributed by atoms with Crippen molar-refractivity contribution in [2.75, 3.05) is 26.7 Å². The predicted molar refractivity (Wildman–Crippen MR) is 67.6 cm³/mol. The minimum absolute atomic E-state index is 0.304. The Balaban J connectivity index is 2.38. The number of nitrogens with zero attached hydrogens (tertiary/aromatic N) is 2. The smallest absolute Gasteiger partial charge is 0.311 e. The maximum absolute atomic E-state index is 11.6. The number of nitrogens with two attached hydrogens (primary N) is 1. The number of aromatic nitrogens is 1. The molecular formula is C12H18N4O2. The number of likely N-dealkylation sites (N-methyl/N-ethyl adjacent to an activating group) is 1. The second-order valence-corrected chi connectivity index (χ2v) is 3.84. The summed E-state index contributed by atoms with van der Waals surface area (Å²) < 4.78 is 0. The first-order valence-corrected chi connectivity index (χ1v) is 5.78. The zero-order valence-corrected chi connectivity index (χ0v) is 10.4. The Bertz CT molecular complexity index is 394. The van der Waals surface area contributed by atoms with Crippen molar-refractivity contribution in [1.82, 2.24) is 15.2 Å². The fourth-order valence-corrected chi connectivity index (χ4v) is 1.36. The molecule has 98 valence electrons. The number of pyridine rings is 1. The fraction of sp³-hybridized carbons (Fsp3) is 0.417. The van der Waals surface area contributed by atoms with Crippen LogP contribution in [0.15, 0.2) is 24.4 Å². The molecule has 6 heteroatoms. The molecule has 0 radical (unpaired) electrons. The lowest BCUT2D eigenvalue weighted by atomic mass is 10.2. The van der Waals surface area contributed by atoms with Crippen LogP contribution >= 0.6 is 0 Å². The van der Waals surface area contributed by atoms with E-state index in [0.717, 1.165) is 5.69 Å². The van der Waals surface area contributed by atoms with Crippen LogP contribution in [0, 0.1) is 0 Å². The molecule has 0 aromatic carbocycles. The topological polar surface area (TPSA) is 88.3 Å². The van der Waals surface area contributed by atoms with Gasteiger partial charge < -0.3 is 16.0 Å². The summed E-state index contributed by atoms with van der Waals surface area (Å²) in [5.41, 5.74) is 6.13. The lowest BCUT2D eigenvalue weighted by molar-refractivity contribution is -0.144. The highest BCUT2D eigenvalue weighted by Gasteiger charge is 2.17. The summed E-state index contributed by atoms with van der Waals surface area (Å²) in [6.45, 7) is 1.07. The number of hydrogen-bond acceptors (Lipinski definition) is 4. The van der Waals surface area contributed by atoms with Gasteiger partial charge in [-0.3, -0.25) is 14.6 Å². The quantitative estimate of drug-likeness (QED) is 0.667. The second-order valence-electron chi connectivity index (χ2n) is 3.84. The molecule has 0 aliphatic rings. The molecule has 1 aromatic heterocycles. The minimum Gasteiger partial charge on any atom is -0.347 e. The summed E-state index contributed by atoms with van der Waals surface area (Å²) >= 11 is 0. The van der Waals surface area contributed by atoms with Crippen molar-refractivity contribution in [3.63, 3.8) is 0 Å². The maximum atomic E-state index is 11.6. The van der Waals surface area contributed by atoms with E-state index in [4.69, 9.17) is 5.73 Å². The van der Waals surface area contributed by atoms with Crippen LogP contribution in [0.5, 0.6) is 0 Å². The lowest BCUT2D eigenvalue weighted by Crippen LogP contribution is -2.43. The first-order valence-electron chi connectivity index (χ1n) is 5.78. The Kier molecular flexibility index (Phi) is 5.79. The second kappa shape index (κ2) is 7.39. The molecule has 0 spiro atoms. The molecule has 0 fully saturated rings. The van der Waals surface area contributed by atoms with Gasteiger partial charge in [-0.1, -0.05) is 6.07 Å². The first kappa shape index (κ1) is 14.1. The van der Waals surface area contributed by atoms with Crippen molar-refractivity contribution in [2.24, 2.45) is 5.73 Å². The van der Waals surface area contributed by atoms with E-state index in [1.807, 2.05) is 18.2 Å². The van der Waals surface area contributed by atoms with Crippen LogP contribution in [-0.2, 0) is 16.0 Å². The van der Waals surface area contributed by atoms with Gasteiger partial charge in [0.2, 0.25) is 0 Å². The minimum atomic E-state index is -0.621. The lowest BCUT2D eigenvalue weighted by Gasteiger charge is -2.16. The van der Waals surface area contributed by atoms with Crippen molar-refractivity contribution in [1.29, 1.82) is 0 Å². The molecular weight excluding hydrogens is 232 g/mol. The number of carbonyl (C=O) groups excluding carboxylic acids is 2. The molecule has 0 unspecified atom stereocenters. The summed E-state index contributed by atoms with van der Waals surface area (Å²) in [7, 11) is 1.59. The molecule has 1 rings (SSSR count). The fourth-order valence-electron chi connectivity index (χ4n) is 1.36. The molecule has 0 aliphatic carbocycles. The number of nitrogens with one attached hydrogen (secondary N) is 1. The highest BCUT2D eigenvalue weighted by Crippen LogP contribution is 1.96. The molecule has 0 aliphatic heterocycles. The Hall–Kier alpha value is -1.95. The van der Waals surface area contributed by atoms with Gasteiger partial charge in [0.05, 0.1) is 0 Å². The van der Waals surface area contributed by atoms with Crippen LogP contribution in [0.25, 0.3) is 0 Å². The van der Waals surface area contributed by atoms with E-state index in [1.54, 1.807) is 13.2 Å². The van der Waals surface area contributed by atoms with Gasteiger partial charge in [-0.15, -0.1) is 0 Å². The summed E-state index contributed by atoms with van der Waals surface area (Å²) in [6, 6.07) is 5.60. The summed E-state index contributed by atoms with van der Waals surface area (Å²) in [5, 5.41) is 2.44. The average molecular weight is 250 g/mol. The predicted octanol–water partition coefficient (Wildman–Crippen LogP) is -0.843. The van der Waals surface area contributed by atoms with Gasteiger partial charge in [0.1, 0.15) is 0 Å². The molecule has 0 atom stereocenters. The van der Waals surface area contributed by atoms with E-state index in [1.165, 1.54) is 4.90 Å². The normalized spacial score (nSPS) is 9.89. The Morgan fingerprint density at radius 3 is 2.83 bits per heavy atom. The molecule has 0 saturated carbocycles. The molecule has 1 heterocycles. The zero-order valence-electron chi connectivity index (χ0n) is 10.4. The van der Waals surface area contributed by atoms with Gasteiger partial charge in [0.25, 0.3) is 0 Å². The van der Waals surface area contributed by atoms with Crippen molar-refractivity contribution >= 4 is 11.8 Å².